The molecule has 0 saturated heterocycles. The third kappa shape index (κ3) is 1.78. The Hall–Kier alpha value is -0.790. The summed E-state index contributed by atoms with van der Waals surface area (Å²) in [5, 5.41) is 0. The predicted octanol–water partition coefficient (Wildman–Crippen LogP) is 2.02. The molecule has 0 rings (SSSR count). The van der Waals surface area contributed by atoms with Gasteiger partial charge in [0, 0.05) is 0 Å². The monoisotopic (exact) mass is 116 g/mol. The Labute approximate surface area is 48.5 Å². The lowest BCUT2D eigenvalue weighted by molar-refractivity contribution is 0.280. The number of hydrogen-bond acceptors (Lipinski definition) is 1. The summed E-state index contributed by atoms with van der Waals surface area (Å²) in [5.41, 5.74) is 0. The minimum Gasteiger partial charge on any atom is -0.498 e. The van der Waals surface area contributed by atoms with Gasteiger partial charge in [0.2, 0.25) is 0 Å². The van der Waals surface area contributed by atoms with E-state index in [1.165, 1.54) is 14.0 Å². The van der Waals surface area contributed by atoms with E-state index in [0.717, 1.165) is 6.08 Å². The van der Waals surface area contributed by atoms with E-state index >= 15 is 0 Å². The van der Waals surface area contributed by atoms with Gasteiger partial charge in [0.25, 0.3) is 0 Å². The maximum Gasteiger partial charge on any atom is 0.159 e. The smallest absolute Gasteiger partial charge is 0.159 e. The quantitative estimate of drug-likeness (QED) is 0.396. The number of ether oxygens (including phenoxy) is 1. The van der Waals surface area contributed by atoms with Gasteiger partial charge in [-0.2, -0.15) is 0 Å². The molecule has 0 aromatic heterocycles. The lowest BCUT2D eigenvalue weighted by atomic mass is 10.4. The van der Waals surface area contributed by atoms with Crippen molar-refractivity contribution in [1.82, 2.24) is 0 Å². The lowest BCUT2D eigenvalue weighted by Crippen LogP contribution is -1.80. The summed E-state index contributed by atoms with van der Waals surface area (Å²) in [4.78, 5) is 0. The van der Waals surface area contributed by atoms with Crippen molar-refractivity contribution in [2.24, 2.45) is 0 Å². The maximum atomic E-state index is 12.2. The van der Waals surface area contributed by atoms with Crippen LogP contribution in [0.15, 0.2) is 24.2 Å². The minimum absolute atomic E-state index is 0.264. The van der Waals surface area contributed by atoms with E-state index in [4.69, 9.17) is 0 Å². The molecule has 0 unspecified atom stereocenters. The maximum absolute atomic E-state index is 12.2. The standard InChI is InChI=1S/C6H9FO/c1-4-6(7)5(2)8-3/h4H,1H2,2-3H3/b6-5-. The van der Waals surface area contributed by atoms with E-state index in [-0.39, 0.29) is 5.76 Å². The van der Waals surface area contributed by atoms with E-state index in [2.05, 4.69) is 11.3 Å². The number of methoxy groups -OCH3 is 1. The van der Waals surface area contributed by atoms with Crippen LogP contribution in [0.2, 0.25) is 0 Å². The van der Waals surface area contributed by atoms with Crippen molar-refractivity contribution in [3.8, 4) is 0 Å². The number of rotatable bonds is 2. The first-order valence-corrected chi connectivity index (χ1v) is 2.25. The first-order valence-electron chi connectivity index (χ1n) is 2.25. The van der Waals surface area contributed by atoms with Crippen LogP contribution in [0.3, 0.4) is 0 Å². The fourth-order valence-electron chi connectivity index (χ4n) is 0.241. The lowest BCUT2D eigenvalue weighted by Gasteiger charge is -1.95. The molecule has 8 heavy (non-hydrogen) atoms. The molecule has 0 amide bonds. The summed E-state index contributed by atoms with van der Waals surface area (Å²) < 4.78 is 16.7. The topological polar surface area (TPSA) is 9.23 Å². The third-order valence-electron chi connectivity index (χ3n) is 0.822. The van der Waals surface area contributed by atoms with Crippen LogP contribution < -0.4 is 0 Å². The van der Waals surface area contributed by atoms with Crippen LogP contribution in [0, 0.1) is 0 Å². The Kier molecular flexibility index (Phi) is 2.92. The van der Waals surface area contributed by atoms with E-state index < -0.39 is 5.83 Å². The van der Waals surface area contributed by atoms with Gasteiger partial charge in [-0.25, -0.2) is 4.39 Å². The summed E-state index contributed by atoms with van der Waals surface area (Å²) in [6.07, 6.45) is 1.11. The molecule has 0 heterocycles. The Balaban J connectivity index is 4.03. The van der Waals surface area contributed by atoms with Gasteiger partial charge in [-0.15, -0.1) is 0 Å². The zero-order valence-electron chi connectivity index (χ0n) is 5.07. The highest BCUT2D eigenvalue weighted by atomic mass is 19.1. The summed E-state index contributed by atoms with van der Waals surface area (Å²) in [7, 11) is 1.42. The van der Waals surface area contributed by atoms with Crippen LogP contribution in [0.25, 0.3) is 0 Å². The molecule has 1 nitrogen and oxygen atoms in total. The SMILES string of the molecule is C=C/C(F)=C(\C)OC. The molecule has 0 fully saturated rings. The molecule has 0 aliphatic carbocycles. The average molecular weight is 116 g/mol. The molecule has 0 radical (unpaired) electrons. The first kappa shape index (κ1) is 7.21. The summed E-state index contributed by atoms with van der Waals surface area (Å²) in [5.74, 6) is -0.146. The fourth-order valence-corrected chi connectivity index (χ4v) is 0.241. The van der Waals surface area contributed by atoms with Crippen LogP contribution in [0.5, 0.6) is 0 Å². The number of allylic oxidation sites excluding steroid dienone is 3. The molecular formula is C6H9FO. The molecule has 0 aliphatic heterocycles. The van der Waals surface area contributed by atoms with Crippen LogP contribution in [0.1, 0.15) is 6.92 Å². The highest BCUT2D eigenvalue weighted by Crippen LogP contribution is 2.05. The predicted molar refractivity (Wildman–Crippen MR) is 31.0 cm³/mol. The number of hydrogen-bond donors (Lipinski definition) is 0. The second-order valence-corrected chi connectivity index (χ2v) is 1.31. The van der Waals surface area contributed by atoms with Gasteiger partial charge in [0.1, 0.15) is 5.76 Å². The molecule has 0 aromatic rings. The molecule has 46 valence electrons. The molecule has 0 bridgehead atoms. The van der Waals surface area contributed by atoms with Crippen molar-refractivity contribution < 1.29 is 9.13 Å². The second-order valence-electron chi connectivity index (χ2n) is 1.31. The van der Waals surface area contributed by atoms with Gasteiger partial charge in [0.05, 0.1) is 7.11 Å². The van der Waals surface area contributed by atoms with Crippen molar-refractivity contribution >= 4 is 0 Å². The van der Waals surface area contributed by atoms with E-state index in [1.807, 2.05) is 0 Å². The zero-order valence-corrected chi connectivity index (χ0v) is 5.07. The van der Waals surface area contributed by atoms with E-state index in [1.54, 1.807) is 0 Å². The molecule has 0 spiro atoms. The van der Waals surface area contributed by atoms with E-state index in [0.29, 0.717) is 0 Å². The summed E-state index contributed by atoms with van der Waals surface area (Å²) in [6.45, 7) is 4.76. The normalized spacial score (nSPS) is 12.4. The molecule has 0 saturated carbocycles. The largest absolute Gasteiger partial charge is 0.498 e. The number of halogens is 1. The Morgan fingerprint density at radius 1 is 1.75 bits per heavy atom. The van der Waals surface area contributed by atoms with Gasteiger partial charge in [-0.3, -0.25) is 0 Å². The van der Waals surface area contributed by atoms with Crippen LogP contribution in [-0.4, -0.2) is 7.11 Å². The van der Waals surface area contributed by atoms with Crippen molar-refractivity contribution in [1.29, 1.82) is 0 Å². The van der Waals surface area contributed by atoms with Gasteiger partial charge in [-0.05, 0) is 13.0 Å². The van der Waals surface area contributed by atoms with Crippen LogP contribution in [-0.2, 0) is 4.74 Å². The van der Waals surface area contributed by atoms with Crippen molar-refractivity contribution in [2.75, 3.05) is 7.11 Å². The first-order chi connectivity index (χ1) is 3.72. The molecule has 0 atom stereocenters. The summed E-state index contributed by atoms with van der Waals surface area (Å²) >= 11 is 0. The summed E-state index contributed by atoms with van der Waals surface area (Å²) in [6, 6.07) is 0. The zero-order chi connectivity index (χ0) is 6.57. The van der Waals surface area contributed by atoms with E-state index in [9.17, 15) is 4.39 Å². The molecule has 0 aromatic carbocycles. The minimum atomic E-state index is -0.410. The van der Waals surface area contributed by atoms with Crippen molar-refractivity contribution in [2.45, 2.75) is 6.92 Å². The highest BCUT2D eigenvalue weighted by Gasteiger charge is 1.92. The second kappa shape index (κ2) is 3.24. The fraction of sp³-hybridized carbons (Fsp3) is 0.333. The Morgan fingerprint density at radius 3 is 2.38 bits per heavy atom. The third-order valence-corrected chi connectivity index (χ3v) is 0.822. The molecule has 0 N–H and O–H groups in total. The average Bonchev–Trinajstić information content (AvgIpc) is 1.84. The molecule has 2 heteroatoms. The van der Waals surface area contributed by atoms with Crippen LogP contribution in [0.4, 0.5) is 4.39 Å². The Morgan fingerprint density at radius 2 is 2.25 bits per heavy atom. The van der Waals surface area contributed by atoms with Crippen molar-refractivity contribution in [3.05, 3.63) is 24.2 Å². The molecular weight excluding hydrogens is 107 g/mol. The van der Waals surface area contributed by atoms with Crippen LogP contribution >= 0.6 is 0 Å². The van der Waals surface area contributed by atoms with Gasteiger partial charge >= 0.3 is 0 Å². The van der Waals surface area contributed by atoms with Gasteiger partial charge < -0.3 is 4.74 Å². The molecule has 0 aliphatic rings. The van der Waals surface area contributed by atoms with Gasteiger partial charge in [0.15, 0.2) is 5.83 Å². The Bertz CT molecular complexity index is 116. The highest BCUT2D eigenvalue weighted by molar-refractivity contribution is 5.10. The van der Waals surface area contributed by atoms with Crippen molar-refractivity contribution in [3.63, 3.8) is 0 Å². The van der Waals surface area contributed by atoms with Gasteiger partial charge in [-0.1, -0.05) is 6.58 Å².